The first-order valence-electron chi connectivity index (χ1n) is 7.83. The molecule has 3 heterocycles. The first kappa shape index (κ1) is 15.2. The van der Waals surface area contributed by atoms with Gasteiger partial charge >= 0.3 is 0 Å². The Morgan fingerprint density at radius 2 is 2.32 bits per heavy atom. The molecule has 1 aliphatic heterocycles. The van der Waals surface area contributed by atoms with Crippen molar-refractivity contribution < 1.29 is 4.79 Å². The molecule has 22 heavy (non-hydrogen) atoms. The van der Waals surface area contributed by atoms with Gasteiger partial charge in [-0.2, -0.15) is 0 Å². The zero-order chi connectivity index (χ0) is 15.5. The van der Waals surface area contributed by atoms with Crippen LogP contribution in [-0.2, 0) is 6.42 Å². The molecule has 0 saturated carbocycles. The van der Waals surface area contributed by atoms with Crippen LogP contribution in [0.5, 0.6) is 0 Å². The van der Waals surface area contributed by atoms with Crippen LogP contribution < -0.4 is 4.90 Å². The second kappa shape index (κ2) is 6.57. The van der Waals surface area contributed by atoms with E-state index in [2.05, 4.69) is 21.8 Å². The lowest BCUT2D eigenvalue weighted by atomic mass is 9.92. The van der Waals surface area contributed by atoms with E-state index in [0.29, 0.717) is 5.78 Å². The van der Waals surface area contributed by atoms with Crippen LogP contribution in [0, 0.1) is 12.8 Å². The van der Waals surface area contributed by atoms with Crippen LogP contribution in [0.4, 0.5) is 5.82 Å². The number of nitrogens with zero attached hydrogens (tertiary/aromatic N) is 3. The maximum atomic E-state index is 12.7. The molecule has 0 unspecified atom stereocenters. The van der Waals surface area contributed by atoms with Gasteiger partial charge in [-0.25, -0.2) is 9.97 Å². The van der Waals surface area contributed by atoms with Gasteiger partial charge in [0.2, 0.25) is 0 Å². The number of Topliss-reactive ketones (excluding diaryl/α,β-unsaturated/α-hetero) is 1. The maximum Gasteiger partial charge on any atom is 0.177 e. The molecule has 0 spiro atoms. The molecule has 3 rings (SSSR count). The summed E-state index contributed by atoms with van der Waals surface area (Å²) in [6.07, 6.45) is 4.54. The molecule has 0 aromatic carbocycles. The lowest BCUT2D eigenvalue weighted by molar-refractivity contribution is 0.0910. The monoisotopic (exact) mass is 315 g/mol. The molecular weight excluding hydrogens is 294 g/mol. The Hall–Kier alpha value is -1.75. The highest BCUT2D eigenvalue weighted by molar-refractivity contribution is 7.12. The Morgan fingerprint density at radius 3 is 3.05 bits per heavy atom. The molecule has 1 aliphatic rings. The Bertz CT molecular complexity index is 667. The number of aryl methyl sites for hydroxylation is 2. The van der Waals surface area contributed by atoms with Gasteiger partial charge in [-0.15, -0.1) is 11.3 Å². The number of hydrogen-bond donors (Lipinski definition) is 0. The number of thiophene rings is 1. The lowest BCUT2D eigenvalue weighted by Crippen LogP contribution is -2.39. The van der Waals surface area contributed by atoms with E-state index in [1.165, 1.54) is 0 Å². The van der Waals surface area contributed by atoms with Crippen LogP contribution >= 0.6 is 11.3 Å². The summed E-state index contributed by atoms with van der Waals surface area (Å²) in [7, 11) is 0. The van der Waals surface area contributed by atoms with Gasteiger partial charge in [0.25, 0.3) is 0 Å². The minimum atomic E-state index is 0.0751. The molecule has 0 bridgehead atoms. The summed E-state index contributed by atoms with van der Waals surface area (Å²) in [5, 5.41) is 2.00. The number of aromatic nitrogens is 2. The SMILES string of the molecule is CCc1cc(N2CCC[C@H](C(=O)c3sccc3C)C2)ncn1. The zero-order valence-corrected chi connectivity index (χ0v) is 13.9. The van der Waals surface area contributed by atoms with Crippen molar-refractivity contribution in [2.75, 3.05) is 18.0 Å². The van der Waals surface area contributed by atoms with Crippen LogP contribution in [0.2, 0.25) is 0 Å². The fourth-order valence-corrected chi connectivity index (χ4v) is 3.91. The van der Waals surface area contributed by atoms with Crippen molar-refractivity contribution in [3.05, 3.63) is 40.0 Å². The Kier molecular flexibility index (Phi) is 4.52. The number of anilines is 1. The largest absolute Gasteiger partial charge is 0.356 e. The Labute approximate surface area is 135 Å². The maximum absolute atomic E-state index is 12.7. The Morgan fingerprint density at radius 1 is 1.45 bits per heavy atom. The molecule has 0 aliphatic carbocycles. The molecule has 0 N–H and O–H groups in total. The molecule has 2 aromatic heterocycles. The van der Waals surface area contributed by atoms with Gasteiger partial charge in [0.15, 0.2) is 5.78 Å². The van der Waals surface area contributed by atoms with E-state index in [9.17, 15) is 4.79 Å². The zero-order valence-electron chi connectivity index (χ0n) is 13.1. The topological polar surface area (TPSA) is 46.1 Å². The van der Waals surface area contributed by atoms with Crippen molar-refractivity contribution in [1.82, 2.24) is 9.97 Å². The van der Waals surface area contributed by atoms with E-state index in [1.54, 1.807) is 17.7 Å². The predicted molar refractivity (Wildman–Crippen MR) is 89.7 cm³/mol. The minimum Gasteiger partial charge on any atom is -0.356 e. The highest BCUT2D eigenvalue weighted by Crippen LogP contribution is 2.27. The average molecular weight is 315 g/mol. The van der Waals surface area contributed by atoms with Crippen LogP contribution in [-0.4, -0.2) is 28.8 Å². The molecule has 4 nitrogen and oxygen atoms in total. The quantitative estimate of drug-likeness (QED) is 0.810. The third-order valence-electron chi connectivity index (χ3n) is 4.27. The highest BCUT2D eigenvalue weighted by Gasteiger charge is 2.28. The molecule has 0 amide bonds. The molecule has 1 saturated heterocycles. The highest BCUT2D eigenvalue weighted by atomic mass is 32.1. The van der Waals surface area contributed by atoms with Crippen molar-refractivity contribution in [2.24, 2.45) is 5.92 Å². The van der Waals surface area contributed by atoms with Crippen LogP contribution in [0.3, 0.4) is 0 Å². The summed E-state index contributed by atoms with van der Waals surface area (Å²) in [5.41, 5.74) is 2.15. The van der Waals surface area contributed by atoms with Crippen molar-refractivity contribution in [3.8, 4) is 0 Å². The van der Waals surface area contributed by atoms with Crippen molar-refractivity contribution >= 4 is 22.9 Å². The predicted octanol–water partition coefficient (Wildman–Crippen LogP) is 3.51. The smallest absolute Gasteiger partial charge is 0.177 e. The van der Waals surface area contributed by atoms with Gasteiger partial charge in [-0.3, -0.25) is 4.79 Å². The fourth-order valence-electron chi connectivity index (χ4n) is 2.96. The van der Waals surface area contributed by atoms with E-state index in [-0.39, 0.29) is 5.92 Å². The van der Waals surface area contributed by atoms with Gasteiger partial charge < -0.3 is 4.90 Å². The summed E-state index contributed by atoms with van der Waals surface area (Å²) in [6, 6.07) is 4.07. The van der Waals surface area contributed by atoms with Gasteiger partial charge in [-0.05, 0) is 43.2 Å². The van der Waals surface area contributed by atoms with Gasteiger partial charge in [-0.1, -0.05) is 6.92 Å². The fraction of sp³-hybridized carbons (Fsp3) is 0.471. The number of carbonyl (C=O) groups is 1. The second-order valence-corrected chi connectivity index (χ2v) is 6.72. The molecule has 5 heteroatoms. The molecule has 2 aromatic rings. The van der Waals surface area contributed by atoms with Crippen molar-refractivity contribution in [3.63, 3.8) is 0 Å². The first-order valence-corrected chi connectivity index (χ1v) is 8.71. The summed E-state index contributed by atoms with van der Waals surface area (Å²) < 4.78 is 0. The van der Waals surface area contributed by atoms with E-state index in [1.807, 2.05) is 24.4 Å². The number of hydrogen-bond acceptors (Lipinski definition) is 5. The molecule has 0 radical (unpaired) electrons. The number of rotatable bonds is 4. The number of piperidine rings is 1. The molecule has 1 atom stereocenters. The number of ketones is 1. The average Bonchev–Trinajstić information content (AvgIpc) is 3.00. The minimum absolute atomic E-state index is 0.0751. The number of carbonyl (C=O) groups excluding carboxylic acids is 1. The lowest BCUT2D eigenvalue weighted by Gasteiger charge is -2.32. The Balaban J connectivity index is 1.76. The summed E-state index contributed by atoms with van der Waals surface area (Å²) >= 11 is 1.56. The second-order valence-electron chi connectivity index (χ2n) is 5.80. The molecule has 116 valence electrons. The summed E-state index contributed by atoms with van der Waals surface area (Å²) in [6.45, 7) is 5.83. The molecule has 1 fully saturated rings. The van der Waals surface area contributed by atoms with E-state index < -0.39 is 0 Å². The summed E-state index contributed by atoms with van der Waals surface area (Å²) in [5.74, 6) is 1.32. The summed E-state index contributed by atoms with van der Waals surface area (Å²) in [4.78, 5) is 24.5. The van der Waals surface area contributed by atoms with Crippen LogP contribution in [0.1, 0.15) is 40.7 Å². The first-order chi connectivity index (χ1) is 10.7. The van der Waals surface area contributed by atoms with Crippen LogP contribution in [0.15, 0.2) is 23.8 Å². The molecular formula is C17H21N3OS. The van der Waals surface area contributed by atoms with E-state index in [0.717, 1.165) is 54.3 Å². The van der Waals surface area contributed by atoms with E-state index >= 15 is 0 Å². The third kappa shape index (κ3) is 3.04. The van der Waals surface area contributed by atoms with Gasteiger partial charge in [0.05, 0.1) is 4.88 Å². The van der Waals surface area contributed by atoms with E-state index in [4.69, 9.17) is 0 Å². The van der Waals surface area contributed by atoms with Crippen molar-refractivity contribution in [2.45, 2.75) is 33.1 Å². The standard InChI is InChI=1S/C17H21N3OS/c1-3-14-9-15(19-11-18-14)20-7-4-5-13(10-20)16(21)17-12(2)6-8-22-17/h6,8-9,11,13H,3-5,7,10H2,1-2H3/t13-/m0/s1. The van der Waals surface area contributed by atoms with Gasteiger partial charge in [0, 0.05) is 30.8 Å². The third-order valence-corrected chi connectivity index (χ3v) is 5.30. The van der Waals surface area contributed by atoms with Gasteiger partial charge in [0.1, 0.15) is 12.1 Å². The normalized spacial score (nSPS) is 18.5. The van der Waals surface area contributed by atoms with Crippen molar-refractivity contribution in [1.29, 1.82) is 0 Å². The van der Waals surface area contributed by atoms with Crippen LogP contribution in [0.25, 0.3) is 0 Å².